The molecule has 224 valence electrons. The summed E-state index contributed by atoms with van der Waals surface area (Å²) in [6.07, 6.45) is 1.81. The van der Waals surface area contributed by atoms with Crippen LogP contribution in [0.2, 0.25) is 0 Å². The van der Waals surface area contributed by atoms with Gasteiger partial charge in [0.25, 0.3) is 0 Å². The van der Waals surface area contributed by atoms with Crippen LogP contribution >= 0.6 is 7.14 Å². The Bertz CT molecular complexity index is 2130. The van der Waals surface area contributed by atoms with E-state index in [1.54, 1.807) is 0 Å². The number of benzene rings is 5. The zero-order chi connectivity index (χ0) is 30.3. The molecule has 5 nitrogen and oxygen atoms in total. The normalized spacial score (nSPS) is 11.8. The Labute approximate surface area is 277 Å². The summed E-state index contributed by atoms with van der Waals surface area (Å²) in [7, 11) is -3.20. The molecule has 0 bridgehead atoms. The van der Waals surface area contributed by atoms with Crippen LogP contribution in [-0.2, 0) is 31.0 Å². The fraction of sp³-hybridized carbons (Fsp3) is 0.105. The molecule has 5 aromatic carbocycles. The number of hydrogen-bond acceptors (Lipinski definition) is 4. The maximum Gasteiger partial charge on any atom is 2.00 e. The van der Waals surface area contributed by atoms with Gasteiger partial charge in [0.15, 0.2) is 0 Å². The average molecular weight is 787 g/mol. The largest absolute Gasteiger partial charge is 2.00 e. The van der Waals surface area contributed by atoms with Crippen LogP contribution in [0, 0.1) is 12.1 Å². The van der Waals surface area contributed by atoms with Gasteiger partial charge < -0.3 is 13.9 Å². The molecule has 2 heterocycles. The van der Waals surface area contributed by atoms with Crippen molar-refractivity contribution in [2.75, 3.05) is 0 Å². The Hall–Kier alpha value is -4.30. The van der Waals surface area contributed by atoms with E-state index in [2.05, 4.69) is 50.0 Å². The van der Waals surface area contributed by atoms with Crippen molar-refractivity contribution in [3.05, 3.63) is 145 Å². The van der Waals surface area contributed by atoms with E-state index in [1.807, 2.05) is 120 Å². The molecule has 7 heteroatoms. The van der Waals surface area contributed by atoms with E-state index >= 15 is 0 Å². The molecule has 0 aliphatic heterocycles. The van der Waals surface area contributed by atoms with Gasteiger partial charge in [-0.2, -0.15) is 18.2 Å². The Balaban J connectivity index is 0.00000357. The van der Waals surface area contributed by atoms with Crippen molar-refractivity contribution in [3.63, 3.8) is 0 Å². The molecule has 7 aromatic rings. The molecule has 2 aromatic heterocycles. The summed E-state index contributed by atoms with van der Waals surface area (Å²) in [6.45, 7) is 6.42. The number of rotatable bonds is 6. The van der Waals surface area contributed by atoms with Gasteiger partial charge >= 0.3 is 21.1 Å². The van der Waals surface area contributed by atoms with Crippen LogP contribution < -0.4 is 20.7 Å². The molecule has 0 atom stereocenters. The molecule has 0 unspecified atom stereocenters. The minimum absolute atomic E-state index is 0. The van der Waals surface area contributed by atoms with Gasteiger partial charge in [0.1, 0.15) is 7.14 Å². The predicted molar refractivity (Wildman–Crippen MR) is 179 cm³/mol. The number of fused-ring (bicyclic) bond motifs is 3. The van der Waals surface area contributed by atoms with Gasteiger partial charge in [-0.1, -0.05) is 110 Å². The van der Waals surface area contributed by atoms with Gasteiger partial charge in [0.2, 0.25) is 5.95 Å². The number of aromatic nitrogens is 3. The molecule has 0 aliphatic carbocycles. The van der Waals surface area contributed by atoms with E-state index in [9.17, 15) is 4.57 Å². The molecule has 0 spiro atoms. The smallest absolute Gasteiger partial charge is 0.509 e. The fourth-order valence-corrected chi connectivity index (χ4v) is 8.12. The zero-order valence-electron chi connectivity index (χ0n) is 25.0. The Morgan fingerprint density at radius 2 is 1.33 bits per heavy atom. The molecule has 7 rings (SSSR count). The van der Waals surface area contributed by atoms with Gasteiger partial charge in [-0.15, -0.1) is 29.7 Å². The van der Waals surface area contributed by atoms with E-state index in [0.717, 1.165) is 38.1 Å². The second-order valence-electron chi connectivity index (χ2n) is 11.7. The fourth-order valence-electron chi connectivity index (χ4n) is 5.52. The maximum absolute atomic E-state index is 14.9. The molecule has 0 aliphatic rings. The third-order valence-electron chi connectivity index (χ3n) is 7.72. The monoisotopic (exact) mass is 786 g/mol. The van der Waals surface area contributed by atoms with Crippen molar-refractivity contribution in [3.8, 4) is 17.4 Å². The quantitative estimate of drug-likeness (QED) is 0.127. The summed E-state index contributed by atoms with van der Waals surface area (Å²) >= 11 is 0. The molecule has 0 N–H and O–H groups in total. The summed E-state index contributed by atoms with van der Waals surface area (Å²) in [4.78, 5) is 9.61. The second kappa shape index (κ2) is 12.2. The maximum atomic E-state index is 14.9. The predicted octanol–water partition coefficient (Wildman–Crippen LogP) is 7.90. The van der Waals surface area contributed by atoms with Gasteiger partial charge in [0.05, 0.1) is 5.69 Å². The number of nitrogens with zero attached hydrogens (tertiary/aromatic N) is 3. The van der Waals surface area contributed by atoms with Crippen molar-refractivity contribution in [2.24, 2.45) is 0 Å². The van der Waals surface area contributed by atoms with Crippen LogP contribution in [0.25, 0.3) is 27.8 Å². The number of ether oxygens (including phenoxy) is 1. The topological polar surface area (TPSA) is 57.0 Å². The summed E-state index contributed by atoms with van der Waals surface area (Å²) in [5, 5.41) is 4.17. The van der Waals surface area contributed by atoms with Crippen LogP contribution in [0.1, 0.15) is 26.5 Å². The van der Waals surface area contributed by atoms with Gasteiger partial charge in [-0.05, 0) is 17.5 Å². The van der Waals surface area contributed by atoms with E-state index < -0.39 is 7.14 Å². The minimum atomic E-state index is -3.20. The first-order chi connectivity index (χ1) is 21.3. The molecule has 45 heavy (non-hydrogen) atoms. The summed E-state index contributed by atoms with van der Waals surface area (Å²) in [6, 6.07) is 45.6. The third kappa shape index (κ3) is 5.68. The van der Waals surface area contributed by atoms with Crippen LogP contribution in [0.5, 0.6) is 11.5 Å². The van der Waals surface area contributed by atoms with Gasteiger partial charge in [-0.3, -0.25) is 0 Å². The molecule has 0 amide bonds. The van der Waals surface area contributed by atoms with Crippen molar-refractivity contribution in [2.45, 2.75) is 26.2 Å². The molecule has 0 saturated heterocycles. The SMILES string of the molecule is CC(C)(C)c1ccnc(-n2c3[c-]c(Oc4[c-]c(P(=O)(c5ccccc5)c5ccccc5)ccc4)ccc3c3ccccc32)n1.[Pt+2]. The first-order valence-electron chi connectivity index (χ1n) is 14.5. The molecular weight excluding hydrogens is 756 g/mol. The van der Waals surface area contributed by atoms with Crippen LogP contribution in [0.3, 0.4) is 0 Å². The van der Waals surface area contributed by atoms with Crippen molar-refractivity contribution in [1.82, 2.24) is 14.5 Å². The first kappa shape index (κ1) is 30.7. The molecular formula is C38H30N3O2PPt. The van der Waals surface area contributed by atoms with E-state index in [-0.39, 0.29) is 26.5 Å². The summed E-state index contributed by atoms with van der Waals surface area (Å²) < 4.78 is 23.3. The van der Waals surface area contributed by atoms with E-state index in [0.29, 0.717) is 22.8 Å². The van der Waals surface area contributed by atoms with Gasteiger partial charge in [-0.25, -0.2) is 9.97 Å². The first-order valence-corrected chi connectivity index (χ1v) is 16.2. The number of hydrogen-bond donors (Lipinski definition) is 0. The van der Waals surface area contributed by atoms with Crippen LogP contribution in [-0.4, -0.2) is 14.5 Å². The number of para-hydroxylation sites is 1. The summed E-state index contributed by atoms with van der Waals surface area (Å²) in [5.74, 6) is 1.55. The van der Waals surface area contributed by atoms with Crippen molar-refractivity contribution < 1.29 is 30.4 Å². The summed E-state index contributed by atoms with van der Waals surface area (Å²) in [5.41, 5.74) is 2.62. The Morgan fingerprint density at radius 3 is 2.02 bits per heavy atom. The third-order valence-corrected chi connectivity index (χ3v) is 10.7. The molecule has 0 saturated carbocycles. The van der Waals surface area contributed by atoms with Crippen molar-refractivity contribution in [1.29, 1.82) is 0 Å². The molecule has 0 fully saturated rings. The van der Waals surface area contributed by atoms with Crippen LogP contribution in [0.15, 0.2) is 128 Å². The van der Waals surface area contributed by atoms with E-state index in [1.165, 1.54) is 0 Å². The molecule has 0 radical (unpaired) electrons. The minimum Gasteiger partial charge on any atom is -0.509 e. The average Bonchev–Trinajstić information content (AvgIpc) is 3.38. The Morgan fingerprint density at radius 1 is 0.689 bits per heavy atom. The standard InChI is InChI=1S/C38H30N3O2P.Pt/c1-38(2,3)36-23-24-39-37(40-36)41-34-20-11-10-19-32(34)33-22-21-28(26-35(33)41)43-27-13-12-18-31(25-27)44(42,29-14-6-4-7-15-29)30-16-8-5-9-17-30;/h4-24H,1-3H3;/q-2;+2. The van der Waals surface area contributed by atoms with Crippen molar-refractivity contribution >= 4 is 44.9 Å². The van der Waals surface area contributed by atoms with Crippen LogP contribution in [0.4, 0.5) is 0 Å². The zero-order valence-corrected chi connectivity index (χ0v) is 28.2. The van der Waals surface area contributed by atoms with E-state index in [4.69, 9.17) is 9.72 Å². The second-order valence-corrected chi connectivity index (χ2v) is 14.4. The Kier molecular flexibility index (Phi) is 8.35. The van der Waals surface area contributed by atoms with Gasteiger partial charge in [0, 0.05) is 39.2 Å².